The van der Waals surface area contributed by atoms with Crippen LogP contribution in [0, 0.1) is 5.82 Å². The summed E-state index contributed by atoms with van der Waals surface area (Å²) in [6.45, 7) is 2.10. The molecular weight excluding hydrogens is 355 g/mol. The number of cyclic esters (lactones) is 1. The van der Waals surface area contributed by atoms with Crippen molar-refractivity contribution in [3.8, 4) is 0 Å². The van der Waals surface area contributed by atoms with E-state index in [1.54, 1.807) is 24.4 Å². The molecule has 0 spiro atoms. The van der Waals surface area contributed by atoms with Crippen LogP contribution in [0.1, 0.15) is 18.2 Å². The first-order chi connectivity index (χ1) is 12.9. The first kappa shape index (κ1) is 17.1. The van der Waals surface area contributed by atoms with Crippen molar-refractivity contribution >= 4 is 29.3 Å². The fourth-order valence-corrected chi connectivity index (χ4v) is 3.28. The van der Waals surface area contributed by atoms with Gasteiger partial charge in [0.1, 0.15) is 11.9 Å². The van der Waals surface area contributed by atoms with E-state index >= 15 is 0 Å². The lowest BCUT2D eigenvalue weighted by Gasteiger charge is -2.15. The molecule has 0 bridgehead atoms. The van der Waals surface area contributed by atoms with E-state index in [4.69, 9.17) is 4.74 Å². The number of aromatic amines is 1. The van der Waals surface area contributed by atoms with Crippen LogP contribution in [-0.4, -0.2) is 40.7 Å². The Morgan fingerprint density at radius 3 is 2.93 bits per heavy atom. The number of carbonyl (C=O) groups is 2. The van der Waals surface area contributed by atoms with Crippen LogP contribution in [-0.2, 0) is 16.1 Å². The molecule has 1 saturated heterocycles. The number of H-pyrrole nitrogens is 1. The topological polar surface area (TPSA) is 96.4 Å². The number of nitrogens with zero attached hydrogens (tertiary/aromatic N) is 2. The number of hydrogen-bond acceptors (Lipinski definition) is 4. The summed E-state index contributed by atoms with van der Waals surface area (Å²) in [6.07, 6.45) is 2.26. The minimum atomic E-state index is -0.583. The van der Waals surface area contributed by atoms with Crippen LogP contribution in [0.2, 0.25) is 0 Å². The van der Waals surface area contributed by atoms with Gasteiger partial charge in [-0.25, -0.2) is 14.0 Å². The molecule has 2 N–H and O–H groups in total. The van der Waals surface area contributed by atoms with Gasteiger partial charge in [-0.05, 0) is 29.8 Å². The Morgan fingerprint density at radius 1 is 1.41 bits per heavy atom. The maximum absolute atomic E-state index is 14.7. The number of hydrogen-bond donors (Lipinski definition) is 2. The van der Waals surface area contributed by atoms with Crippen LogP contribution >= 0.6 is 0 Å². The molecule has 140 valence electrons. The van der Waals surface area contributed by atoms with E-state index in [1.807, 2.05) is 0 Å². The first-order valence-corrected chi connectivity index (χ1v) is 8.43. The SMILES string of the molecule is CC(=O)NC[C@H]1CN(c2ccc(C3=Cc4c[nH]c(=O)n4C3)c(F)c2)C(=O)O1. The summed E-state index contributed by atoms with van der Waals surface area (Å²) in [7, 11) is 0. The summed E-state index contributed by atoms with van der Waals surface area (Å²) < 4.78 is 21.4. The Hall–Kier alpha value is -3.36. The highest BCUT2D eigenvalue weighted by atomic mass is 19.1. The molecule has 0 saturated carbocycles. The maximum atomic E-state index is 14.7. The van der Waals surface area contributed by atoms with Crippen molar-refractivity contribution in [2.75, 3.05) is 18.0 Å². The third-order valence-corrected chi connectivity index (χ3v) is 4.61. The Kier molecular flexibility index (Phi) is 4.06. The van der Waals surface area contributed by atoms with Crippen molar-refractivity contribution < 1.29 is 18.7 Å². The van der Waals surface area contributed by atoms with Gasteiger partial charge in [0.2, 0.25) is 5.91 Å². The van der Waals surface area contributed by atoms with Gasteiger partial charge in [0.25, 0.3) is 0 Å². The zero-order chi connectivity index (χ0) is 19.1. The van der Waals surface area contributed by atoms with E-state index in [0.29, 0.717) is 29.1 Å². The molecular formula is C18H17FN4O4. The number of ether oxygens (including phenoxy) is 1. The number of allylic oxidation sites excluding steroid dienone is 1. The van der Waals surface area contributed by atoms with Gasteiger partial charge < -0.3 is 15.0 Å². The van der Waals surface area contributed by atoms with Crippen LogP contribution < -0.4 is 15.9 Å². The molecule has 27 heavy (non-hydrogen) atoms. The summed E-state index contributed by atoms with van der Waals surface area (Å²) in [5.41, 5.74) is 1.90. The summed E-state index contributed by atoms with van der Waals surface area (Å²) >= 11 is 0. The smallest absolute Gasteiger partial charge is 0.414 e. The van der Waals surface area contributed by atoms with Crippen LogP contribution in [0.3, 0.4) is 0 Å². The molecule has 8 nitrogen and oxygen atoms in total. The number of halogens is 1. The molecule has 2 amide bonds. The highest BCUT2D eigenvalue weighted by Crippen LogP contribution is 2.30. The van der Waals surface area contributed by atoms with E-state index < -0.39 is 18.0 Å². The van der Waals surface area contributed by atoms with Crippen LogP contribution in [0.15, 0.2) is 29.2 Å². The molecule has 1 aromatic heterocycles. The molecule has 2 aromatic rings. The number of aromatic nitrogens is 2. The Morgan fingerprint density at radius 2 is 2.22 bits per heavy atom. The van der Waals surface area contributed by atoms with Gasteiger partial charge in [0.05, 0.1) is 31.0 Å². The van der Waals surface area contributed by atoms with Gasteiger partial charge in [-0.1, -0.05) is 0 Å². The second kappa shape index (κ2) is 6.42. The van der Waals surface area contributed by atoms with Crippen molar-refractivity contribution in [1.29, 1.82) is 0 Å². The zero-order valence-electron chi connectivity index (χ0n) is 14.5. The van der Waals surface area contributed by atoms with Gasteiger partial charge in [-0.15, -0.1) is 0 Å². The number of nitrogens with one attached hydrogen (secondary N) is 2. The number of imidazole rings is 1. The number of carbonyl (C=O) groups excluding carboxylic acids is 2. The van der Waals surface area contributed by atoms with Crippen molar-refractivity contribution in [1.82, 2.24) is 14.9 Å². The average Bonchev–Trinajstić information content (AvgIpc) is 3.29. The van der Waals surface area contributed by atoms with Crippen LogP contribution in [0.4, 0.5) is 14.9 Å². The average molecular weight is 372 g/mol. The predicted molar refractivity (Wildman–Crippen MR) is 95.6 cm³/mol. The van der Waals surface area contributed by atoms with E-state index in [1.165, 1.54) is 22.5 Å². The summed E-state index contributed by atoms with van der Waals surface area (Å²) in [4.78, 5) is 38.6. The second-order valence-corrected chi connectivity index (χ2v) is 6.49. The van der Waals surface area contributed by atoms with E-state index in [9.17, 15) is 18.8 Å². The third-order valence-electron chi connectivity index (χ3n) is 4.61. The fourth-order valence-electron chi connectivity index (χ4n) is 3.28. The van der Waals surface area contributed by atoms with Crippen molar-refractivity contribution in [3.63, 3.8) is 0 Å². The molecule has 9 heteroatoms. The van der Waals surface area contributed by atoms with Crippen molar-refractivity contribution in [2.24, 2.45) is 0 Å². The fraction of sp³-hybridized carbons (Fsp3) is 0.278. The number of amides is 2. The molecule has 2 aliphatic heterocycles. The molecule has 0 unspecified atom stereocenters. The van der Waals surface area contributed by atoms with Gasteiger partial charge in [0.15, 0.2) is 0 Å². The van der Waals surface area contributed by atoms with Crippen LogP contribution in [0.5, 0.6) is 0 Å². The van der Waals surface area contributed by atoms with Gasteiger partial charge in [-0.2, -0.15) is 0 Å². The zero-order valence-corrected chi connectivity index (χ0v) is 14.5. The number of anilines is 1. The molecule has 1 aromatic carbocycles. The van der Waals surface area contributed by atoms with E-state index in [-0.39, 0.29) is 24.7 Å². The molecule has 1 atom stereocenters. The van der Waals surface area contributed by atoms with E-state index in [2.05, 4.69) is 10.3 Å². The van der Waals surface area contributed by atoms with Crippen LogP contribution in [0.25, 0.3) is 11.6 Å². The summed E-state index contributed by atoms with van der Waals surface area (Å²) in [5, 5.41) is 2.59. The highest BCUT2D eigenvalue weighted by Gasteiger charge is 2.33. The molecule has 0 aliphatic carbocycles. The monoisotopic (exact) mass is 372 g/mol. The van der Waals surface area contributed by atoms with Crippen molar-refractivity contribution in [3.05, 3.63) is 52.0 Å². The number of fused-ring (bicyclic) bond motifs is 1. The lowest BCUT2D eigenvalue weighted by atomic mass is 10.0. The highest BCUT2D eigenvalue weighted by molar-refractivity contribution is 5.91. The normalized spacial score (nSPS) is 18.3. The van der Waals surface area contributed by atoms with Crippen molar-refractivity contribution in [2.45, 2.75) is 19.6 Å². The minimum absolute atomic E-state index is 0.206. The van der Waals surface area contributed by atoms with E-state index in [0.717, 1.165) is 0 Å². The molecule has 0 radical (unpaired) electrons. The van der Waals surface area contributed by atoms with Gasteiger partial charge in [0, 0.05) is 18.7 Å². The lowest BCUT2D eigenvalue weighted by Crippen LogP contribution is -2.33. The lowest BCUT2D eigenvalue weighted by molar-refractivity contribution is -0.119. The Labute approximate surface area is 153 Å². The Bertz CT molecular complexity index is 1020. The third kappa shape index (κ3) is 3.12. The van der Waals surface area contributed by atoms with Gasteiger partial charge in [-0.3, -0.25) is 14.3 Å². The molecule has 3 heterocycles. The molecule has 4 rings (SSSR count). The second-order valence-electron chi connectivity index (χ2n) is 6.49. The molecule has 2 aliphatic rings. The number of benzene rings is 1. The minimum Gasteiger partial charge on any atom is -0.442 e. The predicted octanol–water partition coefficient (Wildman–Crippen LogP) is 1.33. The Balaban J connectivity index is 1.52. The first-order valence-electron chi connectivity index (χ1n) is 8.43. The largest absolute Gasteiger partial charge is 0.442 e. The molecule has 1 fully saturated rings. The number of rotatable bonds is 4. The summed E-state index contributed by atoms with van der Waals surface area (Å²) in [5.74, 6) is -0.701. The van der Waals surface area contributed by atoms with Gasteiger partial charge >= 0.3 is 11.8 Å². The maximum Gasteiger partial charge on any atom is 0.414 e. The quantitative estimate of drug-likeness (QED) is 0.846. The standard InChI is InChI=1S/C18H17FN4O4/c1-10(24)20-7-14-9-23(18(26)27-14)12-2-3-15(16(19)5-12)11-4-13-6-21-17(25)22(13)8-11/h2-6,14H,7-9H2,1H3,(H,20,24)(H,21,25)/t14-/m0/s1. The summed E-state index contributed by atoms with van der Waals surface area (Å²) in [6, 6.07) is 4.50.